The monoisotopic (exact) mass is 248 g/mol. The molecule has 0 aliphatic carbocycles. The topological polar surface area (TPSA) is 23.6 Å². The number of amides is 1. The van der Waals surface area contributed by atoms with Gasteiger partial charge >= 0.3 is 0 Å². The second kappa shape index (κ2) is 4.96. The van der Waals surface area contributed by atoms with E-state index in [2.05, 4.69) is 34.8 Å². The summed E-state index contributed by atoms with van der Waals surface area (Å²) in [4.78, 5) is 15.8. The molecule has 3 nitrogen and oxygen atoms in total. The number of halogens is 1. The Bertz CT molecular complexity index is 186. The molecule has 4 heteroatoms. The minimum Gasteiger partial charge on any atom is -0.340 e. The Hall–Kier alpha value is -0.0900. The summed E-state index contributed by atoms with van der Waals surface area (Å²) < 4.78 is 0. The van der Waals surface area contributed by atoms with Crippen LogP contribution in [0.3, 0.4) is 0 Å². The molecule has 76 valence electrons. The van der Waals surface area contributed by atoms with Crippen LogP contribution in [0.1, 0.15) is 13.3 Å². The summed E-state index contributed by atoms with van der Waals surface area (Å²) in [5, 5.41) is 0.770. The van der Waals surface area contributed by atoms with Crippen molar-refractivity contribution in [2.24, 2.45) is 0 Å². The van der Waals surface area contributed by atoms with Crippen LogP contribution in [0, 0.1) is 0 Å². The van der Waals surface area contributed by atoms with Crippen molar-refractivity contribution in [1.82, 2.24) is 9.80 Å². The van der Waals surface area contributed by atoms with Gasteiger partial charge in [0.1, 0.15) is 0 Å². The number of carbonyl (C=O) groups excluding carboxylic acids is 1. The molecular formula is C9H17BrN2O. The van der Waals surface area contributed by atoms with E-state index in [1.54, 1.807) is 0 Å². The molecule has 1 amide bonds. The van der Waals surface area contributed by atoms with Gasteiger partial charge in [-0.05, 0) is 14.0 Å². The van der Waals surface area contributed by atoms with Gasteiger partial charge in [0.25, 0.3) is 0 Å². The molecule has 1 aliphatic heterocycles. The maximum atomic E-state index is 11.5. The Balaban J connectivity index is 2.40. The van der Waals surface area contributed by atoms with Crippen molar-refractivity contribution < 1.29 is 4.79 Å². The lowest BCUT2D eigenvalue weighted by atomic mass is 10.2. The molecular weight excluding hydrogens is 232 g/mol. The van der Waals surface area contributed by atoms with Crippen LogP contribution in [0.5, 0.6) is 0 Å². The first-order valence-electron chi connectivity index (χ1n) is 4.69. The van der Waals surface area contributed by atoms with Gasteiger partial charge < -0.3 is 9.80 Å². The predicted molar refractivity (Wildman–Crippen MR) is 57.1 cm³/mol. The molecule has 0 spiro atoms. The van der Waals surface area contributed by atoms with Crippen molar-refractivity contribution in [3.8, 4) is 0 Å². The molecule has 1 unspecified atom stereocenters. The van der Waals surface area contributed by atoms with Crippen LogP contribution < -0.4 is 0 Å². The van der Waals surface area contributed by atoms with E-state index < -0.39 is 0 Å². The van der Waals surface area contributed by atoms with Crippen LogP contribution in [0.15, 0.2) is 0 Å². The molecule has 1 aliphatic rings. The standard InChI is InChI=1S/C9H17BrN2O/c1-8-7-12(6-5-11(8)2)9(13)3-4-10/h8H,3-7H2,1-2H3. The summed E-state index contributed by atoms with van der Waals surface area (Å²) >= 11 is 3.29. The van der Waals surface area contributed by atoms with Crippen molar-refractivity contribution >= 4 is 21.8 Å². The number of piperazine rings is 1. The van der Waals surface area contributed by atoms with Gasteiger partial charge in [-0.15, -0.1) is 0 Å². The second-order valence-corrected chi connectivity index (χ2v) is 4.40. The average molecular weight is 249 g/mol. The molecule has 1 heterocycles. The third kappa shape index (κ3) is 2.95. The Morgan fingerprint density at radius 2 is 2.23 bits per heavy atom. The smallest absolute Gasteiger partial charge is 0.223 e. The van der Waals surface area contributed by atoms with E-state index >= 15 is 0 Å². The van der Waals surface area contributed by atoms with Crippen LogP contribution in [0.25, 0.3) is 0 Å². The molecule has 0 N–H and O–H groups in total. The fourth-order valence-corrected chi connectivity index (χ4v) is 1.85. The lowest BCUT2D eigenvalue weighted by Gasteiger charge is -2.37. The summed E-state index contributed by atoms with van der Waals surface area (Å²) in [5.74, 6) is 0.275. The van der Waals surface area contributed by atoms with Gasteiger partial charge in [0, 0.05) is 37.4 Å². The lowest BCUT2D eigenvalue weighted by molar-refractivity contribution is -0.133. The minimum absolute atomic E-state index is 0.275. The Morgan fingerprint density at radius 1 is 1.54 bits per heavy atom. The summed E-state index contributed by atoms with van der Waals surface area (Å²) in [6.07, 6.45) is 0.621. The Kier molecular flexibility index (Phi) is 4.19. The molecule has 0 bridgehead atoms. The second-order valence-electron chi connectivity index (χ2n) is 3.61. The number of alkyl halides is 1. The Labute approximate surface area is 88.2 Å². The molecule has 0 aromatic heterocycles. The first-order valence-corrected chi connectivity index (χ1v) is 5.81. The number of carbonyl (C=O) groups is 1. The van der Waals surface area contributed by atoms with Crippen molar-refractivity contribution in [3.63, 3.8) is 0 Å². The third-order valence-corrected chi connectivity index (χ3v) is 3.02. The highest BCUT2D eigenvalue weighted by Crippen LogP contribution is 2.08. The van der Waals surface area contributed by atoms with Crippen LogP contribution in [-0.2, 0) is 4.79 Å². The number of hydrogen-bond acceptors (Lipinski definition) is 2. The number of likely N-dealkylation sites (N-methyl/N-ethyl adjacent to an activating group) is 1. The molecule has 0 saturated carbocycles. The highest BCUT2D eigenvalue weighted by atomic mass is 79.9. The van der Waals surface area contributed by atoms with Crippen molar-refractivity contribution in [2.45, 2.75) is 19.4 Å². The van der Waals surface area contributed by atoms with Gasteiger partial charge in [-0.25, -0.2) is 0 Å². The van der Waals surface area contributed by atoms with Gasteiger partial charge in [-0.3, -0.25) is 4.79 Å². The summed E-state index contributed by atoms with van der Waals surface area (Å²) in [5.41, 5.74) is 0. The Morgan fingerprint density at radius 3 is 2.77 bits per heavy atom. The maximum Gasteiger partial charge on any atom is 0.223 e. The number of rotatable bonds is 2. The van der Waals surface area contributed by atoms with Gasteiger partial charge in [0.2, 0.25) is 5.91 Å². The maximum absolute atomic E-state index is 11.5. The predicted octanol–water partition coefficient (Wildman–Crippen LogP) is 0.934. The van der Waals surface area contributed by atoms with E-state index in [1.165, 1.54) is 0 Å². The third-order valence-electron chi connectivity index (χ3n) is 2.62. The van der Waals surface area contributed by atoms with E-state index in [0.717, 1.165) is 25.0 Å². The molecule has 1 atom stereocenters. The fourth-order valence-electron chi connectivity index (χ4n) is 1.51. The van der Waals surface area contributed by atoms with E-state index in [0.29, 0.717) is 12.5 Å². The zero-order valence-electron chi connectivity index (χ0n) is 8.29. The molecule has 0 aromatic carbocycles. The first kappa shape index (κ1) is 11.0. The summed E-state index contributed by atoms with van der Waals surface area (Å²) in [6, 6.07) is 0.494. The molecule has 1 saturated heterocycles. The molecule has 1 rings (SSSR count). The normalized spacial score (nSPS) is 24.8. The molecule has 1 fully saturated rings. The van der Waals surface area contributed by atoms with Crippen molar-refractivity contribution in [1.29, 1.82) is 0 Å². The quantitative estimate of drug-likeness (QED) is 0.680. The van der Waals surface area contributed by atoms with Gasteiger partial charge in [-0.2, -0.15) is 0 Å². The average Bonchev–Trinajstić information content (AvgIpc) is 2.10. The van der Waals surface area contributed by atoms with E-state index in [1.807, 2.05) is 4.90 Å². The fraction of sp³-hybridized carbons (Fsp3) is 0.889. The lowest BCUT2D eigenvalue weighted by Crippen LogP contribution is -2.52. The highest BCUT2D eigenvalue weighted by molar-refractivity contribution is 9.09. The minimum atomic E-state index is 0.275. The van der Waals surface area contributed by atoms with Crippen LogP contribution in [0.4, 0.5) is 0 Å². The number of hydrogen-bond donors (Lipinski definition) is 0. The largest absolute Gasteiger partial charge is 0.340 e. The molecule has 13 heavy (non-hydrogen) atoms. The van der Waals surface area contributed by atoms with E-state index in [9.17, 15) is 4.79 Å². The van der Waals surface area contributed by atoms with Crippen LogP contribution >= 0.6 is 15.9 Å². The first-order chi connectivity index (χ1) is 6.15. The van der Waals surface area contributed by atoms with E-state index in [-0.39, 0.29) is 5.91 Å². The van der Waals surface area contributed by atoms with Crippen LogP contribution in [-0.4, -0.2) is 53.8 Å². The van der Waals surface area contributed by atoms with Gasteiger partial charge in [0.15, 0.2) is 0 Å². The molecule has 0 radical (unpaired) electrons. The molecule has 0 aromatic rings. The zero-order valence-corrected chi connectivity index (χ0v) is 9.88. The van der Waals surface area contributed by atoms with Crippen molar-refractivity contribution in [3.05, 3.63) is 0 Å². The van der Waals surface area contributed by atoms with E-state index in [4.69, 9.17) is 0 Å². The van der Waals surface area contributed by atoms with Gasteiger partial charge in [0.05, 0.1) is 0 Å². The highest BCUT2D eigenvalue weighted by Gasteiger charge is 2.23. The summed E-state index contributed by atoms with van der Waals surface area (Å²) in [7, 11) is 2.11. The zero-order chi connectivity index (χ0) is 9.84. The summed E-state index contributed by atoms with van der Waals surface area (Å²) in [6.45, 7) is 4.91. The van der Waals surface area contributed by atoms with Crippen molar-refractivity contribution in [2.75, 3.05) is 32.0 Å². The SMILES string of the molecule is CC1CN(C(=O)CCBr)CCN1C. The van der Waals surface area contributed by atoms with Gasteiger partial charge in [-0.1, -0.05) is 15.9 Å². The van der Waals surface area contributed by atoms with Crippen LogP contribution in [0.2, 0.25) is 0 Å². The number of nitrogens with zero attached hydrogens (tertiary/aromatic N) is 2.